The van der Waals surface area contributed by atoms with Gasteiger partial charge in [-0.15, -0.1) is 19.3 Å². The molecule has 20 heavy (non-hydrogen) atoms. The Morgan fingerprint density at radius 2 is 0.900 bits per heavy atom. The fourth-order valence-corrected chi connectivity index (χ4v) is 2.92. The molecule has 0 aromatic heterocycles. The summed E-state index contributed by atoms with van der Waals surface area (Å²) in [5.41, 5.74) is -3.49. The lowest BCUT2D eigenvalue weighted by Crippen LogP contribution is -2.30. The van der Waals surface area contributed by atoms with E-state index in [4.69, 9.17) is 32.8 Å². The van der Waals surface area contributed by atoms with E-state index in [1.54, 1.807) is 41.5 Å². The van der Waals surface area contributed by atoms with E-state index in [1.807, 2.05) is 0 Å². The summed E-state index contributed by atoms with van der Waals surface area (Å²) >= 11 is 0. The van der Waals surface area contributed by atoms with E-state index >= 15 is 0 Å². The van der Waals surface area contributed by atoms with Crippen molar-refractivity contribution in [3.8, 4) is 37.0 Å². The van der Waals surface area contributed by atoms with Gasteiger partial charge in [0.25, 0.3) is 0 Å². The van der Waals surface area contributed by atoms with Crippen molar-refractivity contribution >= 4 is 7.82 Å². The molecule has 0 rings (SSSR count). The van der Waals surface area contributed by atoms with Crippen molar-refractivity contribution in [2.24, 2.45) is 0 Å². The van der Waals surface area contributed by atoms with Crippen LogP contribution < -0.4 is 0 Å². The topological polar surface area (TPSA) is 44.8 Å². The predicted octanol–water partition coefficient (Wildman–Crippen LogP) is 3.38. The molecule has 0 amide bonds. The van der Waals surface area contributed by atoms with Gasteiger partial charge in [0.05, 0.1) is 0 Å². The van der Waals surface area contributed by atoms with Crippen LogP contribution in [0.4, 0.5) is 0 Å². The number of rotatable bonds is 6. The molecule has 0 spiro atoms. The molecular formula is C15H21O4P. The van der Waals surface area contributed by atoms with Gasteiger partial charge >= 0.3 is 7.82 Å². The first-order valence-electron chi connectivity index (χ1n) is 5.96. The van der Waals surface area contributed by atoms with Gasteiger partial charge < -0.3 is 0 Å². The predicted molar refractivity (Wildman–Crippen MR) is 79.6 cm³/mol. The third-order valence-electron chi connectivity index (χ3n) is 2.06. The molecule has 4 nitrogen and oxygen atoms in total. The van der Waals surface area contributed by atoms with Crippen LogP contribution in [0.5, 0.6) is 0 Å². The van der Waals surface area contributed by atoms with Crippen LogP contribution in [0.25, 0.3) is 0 Å². The van der Waals surface area contributed by atoms with Crippen molar-refractivity contribution in [2.45, 2.75) is 58.3 Å². The highest BCUT2D eigenvalue weighted by Crippen LogP contribution is 2.57. The van der Waals surface area contributed by atoms with Crippen LogP contribution in [0, 0.1) is 37.0 Å². The molecule has 0 fully saturated rings. The van der Waals surface area contributed by atoms with Crippen molar-refractivity contribution in [2.75, 3.05) is 0 Å². The average Bonchev–Trinajstić information content (AvgIpc) is 2.26. The van der Waals surface area contributed by atoms with Crippen LogP contribution in [0.2, 0.25) is 0 Å². The van der Waals surface area contributed by atoms with Crippen LogP contribution >= 0.6 is 7.82 Å². The smallest absolute Gasteiger partial charge is 0.268 e. The molecule has 0 aliphatic carbocycles. The molecule has 0 aromatic rings. The average molecular weight is 296 g/mol. The Morgan fingerprint density at radius 3 is 1.05 bits per heavy atom. The summed E-state index contributed by atoms with van der Waals surface area (Å²) in [5, 5.41) is 0. The molecule has 0 radical (unpaired) electrons. The molecule has 5 heteroatoms. The van der Waals surface area contributed by atoms with Gasteiger partial charge in [-0.2, -0.15) is 0 Å². The fraction of sp³-hybridized carbons (Fsp3) is 0.600. The summed E-state index contributed by atoms with van der Waals surface area (Å²) < 4.78 is 28.8. The third-order valence-corrected chi connectivity index (χ3v) is 4.10. The highest BCUT2D eigenvalue weighted by atomic mass is 31.2. The number of phosphoric ester groups is 1. The van der Waals surface area contributed by atoms with Gasteiger partial charge in [-0.3, -0.25) is 13.6 Å². The number of hydrogen-bond donors (Lipinski definition) is 0. The lowest BCUT2D eigenvalue weighted by molar-refractivity contribution is 0.00352. The van der Waals surface area contributed by atoms with Crippen molar-refractivity contribution < 1.29 is 18.1 Å². The molecule has 0 bridgehead atoms. The Balaban J connectivity index is 5.50. The van der Waals surface area contributed by atoms with Gasteiger partial charge in [0.15, 0.2) is 0 Å². The maximum Gasteiger partial charge on any atom is 0.479 e. The minimum atomic E-state index is -4.06. The largest absolute Gasteiger partial charge is 0.479 e. The molecule has 0 aromatic carbocycles. The summed E-state index contributed by atoms with van der Waals surface area (Å²) in [6, 6.07) is 0. The highest BCUT2D eigenvalue weighted by molar-refractivity contribution is 7.48. The highest BCUT2D eigenvalue weighted by Gasteiger charge is 2.43. The van der Waals surface area contributed by atoms with Gasteiger partial charge in [0.2, 0.25) is 0 Å². The Hall–Kier alpha value is -1.21. The summed E-state index contributed by atoms with van der Waals surface area (Å²) in [6.07, 6.45) is 16.0. The van der Waals surface area contributed by atoms with Gasteiger partial charge in [-0.1, -0.05) is 17.8 Å². The van der Waals surface area contributed by atoms with Crippen LogP contribution in [-0.4, -0.2) is 16.8 Å². The van der Waals surface area contributed by atoms with E-state index in [-0.39, 0.29) is 0 Å². The van der Waals surface area contributed by atoms with Crippen molar-refractivity contribution in [3.63, 3.8) is 0 Å². The van der Waals surface area contributed by atoms with Crippen LogP contribution in [0.3, 0.4) is 0 Å². The number of hydrogen-bond acceptors (Lipinski definition) is 4. The molecule has 0 atom stereocenters. The second-order valence-corrected chi connectivity index (χ2v) is 7.13. The zero-order valence-corrected chi connectivity index (χ0v) is 13.7. The van der Waals surface area contributed by atoms with Gasteiger partial charge in [0, 0.05) is 0 Å². The Labute approximate surface area is 122 Å². The Bertz CT molecular complexity index is 447. The normalized spacial score (nSPS) is 13.2. The van der Waals surface area contributed by atoms with Crippen molar-refractivity contribution in [3.05, 3.63) is 0 Å². The summed E-state index contributed by atoms with van der Waals surface area (Å²) in [6.45, 7) is 9.32. The van der Waals surface area contributed by atoms with Gasteiger partial charge in [-0.05, 0) is 41.5 Å². The zero-order chi connectivity index (χ0) is 16.2. The molecule has 0 saturated heterocycles. The quantitative estimate of drug-likeness (QED) is 0.557. The van der Waals surface area contributed by atoms with E-state index in [9.17, 15) is 4.57 Å². The van der Waals surface area contributed by atoms with E-state index in [1.165, 1.54) is 0 Å². The monoisotopic (exact) mass is 296 g/mol. The first kappa shape index (κ1) is 18.8. The molecular weight excluding hydrogens is 275 g/mol. The Kier molecular flexibility index (Phi) is 5.68. The minimum absolute atomic E-state index is 1.16. The fourth-order valence-electron chi connectivity index (χ4n) is 0.973. The molecule has 0 heterocycles. The minimum Gasteiger partial charge on any atom is -0.268 e. The molecule has 0 aliphatic heterocycles. The van der Waals surface area contributed by atoms with Crippen LogP contribution in [0.15, 0.2) is 0 Å². The SMILES string of the molecule is C#CC(C)(C)OP(=O)(OC(C)(C)C#C)OC(C)(C)C#C. The van der Waals surface area contributed by atoms with Gasteiger partial charge in [0.1, 0.15) is 16.8 Å². The molecule has 0 aliphatic rings. The maximum atomic E-state index is 12.8. The van der Waals surface area contributed by atoms with E-state index < -0.39 is 24.6 Å². The maximum absolute atomic E-state index is 12.8. The van der Waals surface area contributed by atoms with Gasteiger partial charge in [-0.25, -0.2) is 4.57 Å². The van der Waals surface area contributed by atoms with Crippen LogP contribution in [0.1, 0.15) is 41.5 Å². The molecule has 0 saturated carbocycles. The molecule has 0 unspecified atom stereocenters. The Morgan fingerprint density at radius 1 is 0.700 bits per heavy atom. The van der Waals surface area contributed by atoms with E-state index in [0.717, 1.165) is 0 Å². The van der Waals surface area contributed by atoms with Crippen LogP contribution in [-0.2, 0) is 18.1 Å². The first-order valence-corrected chi connectivity index (χ1v) is 7.42. The lowest BCUT2D eigenvalue weighted by Gasteiger charge is -2.33. The summed E-state index contributed by atoms with van der Waals surface area (Å²) in [7, 11) is -4.06. The summed E-state index contributed by atoms with van der Waals surface area (Å²) in [5.74, 6) is 7.04. The van der Waals surface area contributed by atoms with E-state index in [0.29, 0.717) is 0 Å². The van der Waals surface area contributed by atoms with E-state index in [2.05, 4.69) is 17.8 Å². The zero-order valence-electron chi connectivity index (χ0n) is 12.8. The molecule has 110 valence electrons. The third kappa shape index (κ3) is 6.29. The number of phosphoric acid groups is 1. The number of terminal acetylenes is 3. The van der Waals surface area contributed by atoms with Crippen molar-refractivity contribution in [1.29, 1.82) is 0 Å². The molecule has 0 N–H and O–H groups in total. The summed E-state index contributed by atoms with van der Waals surface area (Å²) in [4.78, 5) is 0. The first-order chi connectivity index (χ1) is 8.80. The lowest BCUT2D eigenvalue weighted by atomic mass is 10.2. The standard InChI is InChI=1S/C15H21O4P/c1-10-13(4,5)17-20(16,18-14(6,7)11-2)19-15(8,9)12-3/h1-3H,4-9H3. The van der Waals surface area contributed by atoms with Crippen molar-refractivity contribution in [1.82, 2.24) is 0 Å². The second kappa shape index (κ2) is 6.05. The second-order valence-electron chi connectivity index (χ2n) is 5.69.